The maximum absolute atomic E-state index is 11.6. The normalized spacial score (nSPS) is 14.5. The monoisotopic (exact) mass is 259 g/mol. The molecule has 0 unspecified atom stereocenters. The van der Waals surface area contributed by atoms with Gasteiger partial charge in [0.1, 0.15) is 11.6 Å². The number of rotatable bonds is 5. The lowest BCUT2D eigenvalue weighted by atomic mass is 10.1. The highest BCUT2D eigenvalue weighted by molar-refractivity contribution is 5.90. The van der Waals surface area contributed by atoms with Gasteiger partial charge in [0.05, 0.1) is 12.5 Å². The number of esters is 1. The summed E-state index contributed by atoms with van der Waals surface area (Å²) in [5.74, 6) is -1.86. The van der Waals surface area contributed by atoms with Crippen LogP contribution in [0.3, 0.4) is 0 Å². The van der Waals surface area contributed by atoms with Gasteiger partial charge < -0.3 is 21.5 Å². The molecule has 5 N–H and O–H groups in total. The van der Waals surface area contributed by atoms with Crippen LogP contribution in [0.5, 0.6) is 0 Å². The van der Waals surface area contributed by atoms with E-state index in [0.717, 1.165) is 0 Å². The number of primary amides is 1. The summed E-state index contributed by atoms with van der Waals surface area (Å²) in [5.41, 5.74) is 9.71. The molecule has 0 aromatic carbocycles. The van der Waals surface area contributed by atoms with Gasteiger partial charge in [-0.2, -0.15) is 0 Å². The summed E-state index contributed by atoms with van der Waals surface area (Å²) >= 11 is 0. The summed E-state index contributed by atoms with van der Waals surface area (Å²) < 4.78 is 5.08. The summed E-state index contributed by atoms with van der Waals surface area (Å²) in [6, 6.07) is -1.90. The molecular weight excluding hydrogens is 238 g/mol. The average molecular weight is 259 g/mol. The molecule has 0 bridgehead atoms. The summed E-state index contributed by atoms with van der Waals surface area (Å²) in [6.45, 7) is 6.64. The molecule has 7 nitrogen and oxygen atoms in total. The second kappa shape index (κ2) is 6.34. The van der Waals surface area contributed by atoms with Crippen LogP contribution >= 0.6 is 0 Å². The molecule has 0 radical (unpaired) electrons. The molecule has 0 spiro atoms. The molecule has 0 aliphatic carbocycles. The molecule has 0 fully saturated rings. The SMILES string of the molecule is C[C@H](NC(=O)[C@@H](N)CC(N)=O)C(=O)OC(C)(C)C. The van der Waals surface area contributed by atoms with E-state index in [9.17, 15) is 14.4 Å². The zero-order valence-electron chi connectivity index (χ0n) is 11.1. The molecule has 0 saturated heterocycles. The number of ether oxygens (including phenoxy) is 1. The standard InChI is InChI=1S/C11H21N3O4/c1-6(10(17)18-11(2,3)4)14-9(16)7(12)5-8(13)15/h6-7H,5,12H2,1-4H3,(H2,13,15)(H,14,16)/t6-,7-/m0/s1. The topological polar surface area (TPSA) is 125 Å². The molecule has 0 aliphatic heterocycles. The Balaban J connectivity index is 4.31. The third-order valence-electron chi connectivity index (χ3n) is 1.88. The molecule has 2 atom stereocenters. The second-order valence-electron chi connectivity index (χ2n) is 5.04. The van der Waals surface area contributed by atoms with E-state index in [2.05, 4.69) is 5.32 Å². The number of carbonyl (C=O) groups is 3. The first-order valence-corrected chi connectivity index (χ1v) is 5.60. The van der Waals surface area contributed by atoms with Gasteiger partial charge in [-0.25, -0.2) is 4.79 Å². The third kappa shape index (κ3) is 6.85. The maximum atomic E-state index is 11.6. The van der Waals surface area contributed by atoms with E-state index in [-0.39, 0.29) is 6.42 Å². The van der Waals surface area contributed by atoms with Crippen molar-refractivity contribution < 1.29 is 19.1 Å². The van der Waals surface area contributed by atoms with E-state index in [1.807, 2.05) is 0 Å². The number of amides is 2. The molecule has 0 rings (SSSR count). The van der Waals surface area contributed by atoms with Crippen molar-refractivity contribution in [1.29, 1.82) is 0 Å². The van der Waals surface area contributed by atoms with Crippen LogP contribution in [0.4, 0.5) is 0 Å². The van der Waals surface area contributed by atoms with Gasteiger partial charge in [0.15, 0.2) is 0 Å². The van der Waals surface area contributed by atoms with E-state index in [4.69, 9.17) is 16.2 Å². The zero-order valence-corrected chi connectivity index (χ0v) is 11.1. The van der Waals surface area contributed by atoms with E-state index in [1.54, 1.807) is 20.8 Å². The summed E-state index contributed by atoms with van der Waals surface area (Å²) in [7, 11) is 0. The first-order chi connectivity index (χ1) is 8.03. The van der Waals surface area contributed by atoms with Crippen LogP contribution in [0.1, 0.15) is 34.1 Å². The molecule has 0 aromatic heterocycles. The highest BCUT2D eigenvalue weighted by Gasteiger charge is 2.25. The van der Waals surface area contributed by atoms with Crippen LogP contribution in [0.25, 0.3) is 0 Å². The Kier molecular flexibility index (Phi) is 5.77. The molecule has 2 amide bonds. The highest BCUT2D eigenvalue weighted by Crippen LogP contribution is 2.08. The Morgan fingerprint density at radius 1 is 1.28 bits per heavy atom. The fourth-order valence-corrected chi connectivity index (χ4v) is 1.08. The Labute approximate surface area is 106 Å². The number of carbonyl (C=O) groups excluding carboxylic acids is 3. The number of nitrogens with one attached hydrogen (secondary N) is 1. The first-order valence-electron chi connectivity index (χ1n) is 5.60. The van der Waals surface area contributed by atoms with Crippen LogP contribution in [0.15, 0.2) is 0 Å². The van der Waals surface area contributed by atoms with Crippen molar-refractivity contribution in [2.45, 2.75) is 51.8 Å². The predicted octanol–water partition coefficient (Wildman–Crippen LogP) is -0.964. The van der Waals surface area contributed by atoms with Gasteiger partial charge >= 0.3 is 5.97 Å². The summed E-state index contributed by atoms with van der Waals surface area (Å²) in [6.07, 6.45) is -0.271. The Bertz CT molecular complexity index is 336. The van der Waals surface area contributed by atoms with Crippen LogP contribution in [0, 0.1) is 0 Å². The van der Waals surface area contributed by atoms with Gasteiger partial charge in [-0.3, -0.25) is 9.59 Å². The minimum atomic E-state index is -1.06. The predicted molar refractivity (Wildman–Crippen MR) is 65.2 cm³/mol. The van der Waals surface area contributed by atoms with Gasteiger partial charge in [-0.1, -0.05) is 0 Å². The van der Waals surface area contributed by atoms with Crippen molar-refractivity contribution in [2.24, 2.45) is 11.5 Å². The molecule has 0 heterocycles. The second-order valence-corrected chi connectivity index (χ2v) is 5.04. The molecule has 0 saturated carbocycles. The summed E-state index contributed by atoms with van der Waals surface area (Å²) in [4.78, 5) is 33.7. The molecule has 0 aromatic rings. The van der Waals surface area contributed by atoms with E-state index in [0.29, 0.717) is 0 Å². The Morgan fingerprint density at radius 2 is 1.78 bits per heavy atom. The highest BCUT2D eigenvalue weighted by atomic mass is 16.6. The van der Waals surface area contributed by atoms with E-state index in [1.165, 1.54) is 6.92 Å². The molecular formula is C11H21N3O4. The quantitative estimate of drug-likeness (QED) is 0.548. The van der Waals surface area contributed by atoms with Crippen LogP contribution in [-0.4, -0.2) is 35.5 Å². The zero-order chi connectivity index (χ0) is 14.5. The molecule has 7 heteroatoms. The van der Waals surface area contributed by atoms with Crippen molar-refractivity contribution in [2.75, 3.05) is 0 Å². The van der Waals surface area contributed by atoms with Gasteiger partial charge in [0.25, 0.3) is 0 Å². The fraction of sp³-hybridized carbons (Fsp3) is 0.727. The minimum Gasteiger partial charge on any atom is -0.458 e. The molecule has 18 heavy (non-hydrogen) atoms. The lowest BCUT2D eigenvalue weighted by Gasteiger charge is -2.23. The van der Waals surface area contributed by atoms with E-state index >= 15 is 0 Å². The maximum Gasteiger partial charge on any atom is 0.328 e. The van der Waals surface area contributed by atoms with Crippen molar-refractivity contribution in [3.63, 3.8) is 0 Å². The lowest BCUT2D eigenvalue weighted by molar-refractivity contribution is -0.158. The van der Waals surface area contributed by atoms with Gasteiger partial charge in [0, 0.05) is 0 Å². The van der Waals surface area contributed by atoms with Crippen molar-refractivity contribution in [3.05, 3.63) is 0 Å². The van der Waals surface area contributed by atoms with Gasteiger partial charge in [-0.15, -0.1) is 0 Å². The molecule has 0 aliphatic rings. The van der Waals surface area contributed by atoms with Crippen LogP contribution < -0.4 is 16.8 Å². The Hall–Kier alpha value is -1.63. The molecule has 104 valence electrons. The number of hydrogen-bond donors (Lipinski definition) is 3. The van der Waals surface area contributed by atoms with Crippen molar-refractivity contribution >= 4 is 17.8 Å². The Morgan fingerprint density at radius 3 is 2.17 bits per heavy atom. The van der Waals surface area contributed by atoms with Gasteiger partial charge in [-0.05, 0) is 27.7 Å². The van der Waals surface area contributed by atoms with Crippen molar-refractivity contribution in [3.8, 4) is 0 Å². The smallest absolute Gasteiger partial charge is 0.328 e. The van der Waals surface area contributed by atoms with Gasteiger partial charge in [0.2, 0.25) is 11.8 Å². The average Bonchev–Trinajstić information content (AvgIpc) is 2.13. The summed E-state index contributed by atoms with van der Waals surface area (Å²) in [5, 5.41) is 2.36. The third-order valence-corrected chi connectivity index (χ3v) is 1.88. The number of hydrogen-bond acceptors (Lipinski definition) is 5. The lowest BCUT2D eigenvalue weighted by Crippen LogP contribution is -2.49. The first kappa shape index (κ1) is 16.4. The largest absolute Gasteiger partial charge is 0.458 e. The van der Waals surface area contributed by atoms with Crippen LogP contribution in [-0.2, 0) is 19.1 Å². The van der Waals surface area contributed by atoms with Crippen molar-refractivity contribution in [1.82, 2.24) is 5.32 Å². The van der Waals surface area contributed by atoms with Crippen LogP contribution in [0.2, 0.25) is 0 Å². The minimum absolute atomic E-state index is 0.271. The fourth-order valence-electron chi connectivity index (χ4n) is 1.08. The van der Waals surface area contributed by atoms with E-state index < -0.39 is 35.5 Å². The number of nitrogens with two attached hydrogens (primary N) is 2.